The minimum Gasteiger partial charge on any atom is -0.656 e. The van der Waals surface area contributed by atoms with E-state index in [1.807, 2.05) is 24.3 Å². The average molecular weight is 1130 g/mol. The van der Waals surface area contributed by atoms with Gasteiger partial charge in [0.1, 0.15) is 0 Å². The van der Waals surface area contributed by atoms with E-state index in [1.165, 1.54) is 0 Å². The van der Waals surface area contributed by atoms with E-state index in [0.29, 0.717) is 21.5 Å². The van der Waals surface area contributed by atoms with E-state index in [0.717, 1.165) is 143 Å². The van der Waals surface area contributed by atoms with Crippen LogP contribution in [0.15, 0.2) is 200 Å². The van der Waals surface area contributed by atoms with Crippen molar-refractivity contribution in [2.24, 2.45) is 0 Å². The second-order valence-corrected chi connectivity index (χ2v) is 19.1. The first kappa shape index (κ1) is 42.0. The molecule has 0 saturated heterocycles. The third-order valence-corrected chi connectivity index (χ3v) is 14.7. The van der Waals surface area contributed by atoms with E-state index in [-0.39, 0.29) is 21.1 Å². The Morgan fingerprint density at radius 1 is 0.338 bits per heavy atom. The first-order valence-electron chi connectivity index (χ1n) is 23.3. The Morgan fingerprint density at radius 3 is 1.25 bits per heavy atom. The van der Waals surface area contributed by atoms with Gasteiger partial charge in [0.25, 0.3) is 0 Å². The van der Waals surface area contributed by atoms with Crippen LogP contribution in [0.4, 0.5) is 0 Å². The standard InChI is InChI=1S/C63H33Cl2N5.Pt/c64-44-21-17-34(18-22-44)56-58-48-27-38-11-3-1-9-36(38)25-46(48)54(66-58)33-55-47-26-37-10-2-4-12-39(37)28-49(47)59(67-55)57(35-19-23-45(65)24-20-35)61-51-30-41-14-6-8-16-43(41)32-53(51)63(69-61)70-62-52-31-42-15-7-5-13-40(42)29-50(52)60(56)68-62;/h1-33H;/q-2;+2. The van der Waals surface area contributed by atoms with Crippen molar-refractivity contribution < 1.29 is 21.1 Å². The van der Waals surface area contributed by atoms with Gasteiger partial charge in [-0.25, -0.2) is 4.98 Å². The third-order valence-electron chi connectivity index (χ3n) is 14.2. The first-order chi connectivity index (χ1) is 34.5. The third kappa shape index (κ3) is 6.61. The Labute approximate surface area is 430 Å². The number of hydrogen-bond acceptors (Lipinski definition) is 3. The van der Waals surface area contributed by atoms with Crippen LogP contribution in [0.3, 0.4) is 0 Å². The molecule has 0 atom stereocenters. The van der Waals surface area contributed by atoms with Gasteiger partial charge in [0.05, 0.1) is 22.9 Å². The quantitative estimate of drug-likeness (QED) is 0.173. The van der Waals surface area contributed by atoms with E-state index in [4.69, 9.17) is 48.1 Å². The van der Waals surface area contributed by atoms with Gasteiger partial charge in [0.15, 0.2) is 0 Å². The summed E-state index contributed by atoms with van der Waals surface area (Å²) in [6.45, 7) is 0. The van der Waals surface area contributed by atoms with Gasteiger partial charge in [-0.1, -0.05) is 145 Å². The van der Waals surface area contributed by atoms with Crippen molar-refractivity contribution in [3.63, 3.8) is 0 Å². The maximum Gasteiger partial charge on any atom is 2.00 e. The van der Waals surface area contributed by atoms with Crippen LogP contribution in [0.5, 0.6) is 0 Å². The van der Waals surface area contributed by atoms with Crippen LogP contribution in [0.25, 0.3) is 154 Å². The summed E-state index contributed by atoms with van der Waals surface area (Å²) < 4.78 is 0. The molecule has 5 heterocycles. The summed E-state index contributed by atoms with van der Waals surface area (Å²) in [6.07, 6.45) is 0. The van der Waals surface area contributed by atoms with E-state index in [1.54, 1.807) is 0 Å². The molecule has 0 fully saturated rings. The average Bonchev–Trinajstić information content (AvgIpc) is 4.13. The van der Waals surface area contributed by atoms with Crippen LogP contribution in [0.1, 0.15) is 0 Å². The summed E-state index contributed by atoms with van der Waals surface area (Å²) in [6, 6.07) is 70.1. The maximum atomic E-state index is 6.66. The molecule has 0 unspecified atom stereocenters. The van der Waals surface area contributed by atoms with Crippen LogP contribution in [0, 0.1) is 0 Å². The zero-order chi connectivity index (χ0) is 46.2. The van der Waals surface area contributed by atoms with Crippen molar-refractivity contribution in [3.05, 3.63) is 210 Å². The zero-order valence-corrected chi connectivity index (χ0v) is 41.1. The second-order valence-electron chi connectivity index (χ2n) is 18.3. The van der Waals surface area contributed by atoms with E-state index < -0.39 is 0 Å². The normalized spacial score (nSPS) is 12.0. The Kier molecular flexibility index (Phi) is 9.50. The molecule has 0 radical (unpaired) electrons. The van der Waals surface area contributed by atoms with E-state index in [9.17, 15) is 0 Å². The van der Waals surface area contributed by atoms with Crippen LogP contribution >= 0.6 is 23.2 Å². The Bertz CT molecular complexity index is 4320. The Balaban J connectivity index is 0.00000470. The molecule has 13 aromatic rings. The van der Waals surface area contributed by atoms with Crippen LogP contribution in [-0.2, 0) is 21.1 Å². The summed E-state index contributed by atoms with van der Waals surface area (Å²) in [7, 11) is 0. The SMILES string of the molecule is Clc1ccc(-c2c3nc(nc4[n-]c(c(-c5ccc(Cl)cc5)c5nc(cc6[n-]c2c2cc7ccccc7cc62)-c2cc6ccccc6cc2-5)c2cc5ccccc5cc42)-c2cc4ccccc4cc2-3)cc1.[Pt+2]. The molecule has 5 nitrogen and oxygen atoms in total. The Morgan fingerprint density at radius 2 is 0.732 bits per heavy atom. The molecule has 71 heavy (non-hydrogen) atoms. The number of aromatic nitrogens is 5. The van der Waals surface area contributed by atoms with E-state index >= 15 is 0 Å². The maximum absolute atomic E-state index is 6.66. The number of fused-ring (bicyclic) bond motifs is 24. The summed E-state index contributed by atoms with van der Waals surface area (Å²) >= 11 is 13.3. The molecule has 15 rings (SSSR count). The van der Waals surface area contributed by atoms with Gasteiger partial charge in [-0.2, -0.15) is 0 Å². The molecule has 0 saturated carbocycles. The molecule has 0 aliphatic carbocycles. The number of rotatable bonds is 2. The molecule has 8 heteroatoms. The van der Waals surface area contributed by atoms with Crippen molar-refractivity contribution in [2.75, 3.05) is 0 Å². The first-order valence-corrected chi connectivity index (χ1v) is 24.0. The zero-order valence-electron chi connectivity index (χ0n) is 37.4. The fraction of sp³-hybridized carbons (Fsp3) is 0. The van der Waals surface area contributed by atoms with Crippen molar-refractivity contribution in [3.8, 4) is 67.4 Å². The van der Waals surface area contributed by atoms with Gasteiger partial charge in [0.2, 0.25) is 0 Å². The van der Waals surface area contributed by atoms with Gasteiger partial charge in [-0.15, -0.1) is 11.0 Å². The predicted molar refractivity (Wildman–Crippen MR) is 292 cm³/mol. The number of benzene rings is 10. The monoisotopic (exact) mass is 1120 g/mol. The topological polar surface area (TPSA) is 66.9 Å². The molecule has 0 N–H and O–H groups in total. The molecule has 2 aliphatic heterocycles. The summed E-state index contributed by atoms with van der Waals surface area (Å²) in [5, 5.41) is 14.0. The molecular weight excluding hydrogens is 1090 g/mol. The Hall–Kier alpha value is -7.92. The fourth-order valence-corrected chi connectivity index (χ4v) is 11.1. The van der Waals surface area contributed by atoms with Gasteiger partial charge < -0.3 is 15.0 Å². The van der Waals surface area contributed by atoms with Crippen LogP contribution in [-0.4, -0.2) is 15.0 Å². The fourth-order valence-electron chi connectivity index (χ4n) is 10.9. The van der Waals surface area contributed by atoms with Crippen molar-refractivity contribution >= 4 is 110 Å². The van der Waals surface area contributed by atoms with Gasteiger partial charge in [-0.05, 0) is 171 Å². The summed E-state index contributed by atoms with van der Waals surface area (Å²) in [5.74, 6) is 0.570. The predicted octanol–water partition coefficient (Wildman–Crippen LogP) is 17.2. The van der Waals surface area contributed by atoms with Crippen molar-refractivity contribution in [2.45, 2.75) is 0 Å². The number of hydrogen-bond donors (Lipinski definition) is 0. The molecular formula is C63H33Cl2N5Pt. The molecule has 10 aromatic carbocycles. The molecule has 8 bridgehead atoms. The van der Waals surface area contributed by atoms with Crippen molar-refractivity contribution in [1.29, 1.82) is 0 Å². The molecule has 0 amide bonds. The molecule has 334 valence electrons. The number of nitrogens with zero attached hydrogens (tertiary/aromatic N) is 5. The summed E-state index contributed by atoms with van der Waals surface area (Å²) in [5.41, 5.74) is 12.8. The van der Waals surface area contributed by atoms with Crippen LogP contribution in [0.2, 0.25) is 10.0 Å². The minimum atomic E-state index is 0. The van der Waals surface area contributed by atoms with Gasteiger partial charge >= 0.3 is 21.1 Å². The van der Waals surface area contributed by atoms with E-state index in [2.05, 4.69) is 176 Å². The second kappa shape index (κ2) is 16.1. The molecule has 3 aromatic heterocycles. The summed E-state index contributed by atoms with van der Waals surface area (Å²) in [4.78, 5) is 28.3. The van der Waals surface area contributed by atoms with Crippen molar-refractivity contribution in [1.82, 2.24) is 24.9 Å². The largest absolute Gasteiger partial charge is 2.00 e. The smallest absolute Gasteiger partial charge is 0.656 e. The number of halogens is 2. The molecule has 0 spiro atoms. The van der Waals surface area contributed by atoms with Gasteiger partial charge in [0, 0.05) is 37.9 Å². The van der Waals surface area contributed by atoms with Crippen LogP contribution < -0.4 is 9.97 Å². The molecule has 2 aliphatic rings. The minimum absolute atomic E-state index is 0. The van der Waals surface area contributed by atoms with Gasteiger partial charge in [-0.3, -0.25) is 4.98 Å².